The zero-order valence-corrected chi connectivity index (χ0v) is 14.5. The minimum absolute atomic E-state index is 0.570. The average molecular weight is 328 g/mol. The van der Waals surface area contributed by atoms with Crippen LogP contribution in [-0.2, 0) is 6.42 Å². The van der Waals surface area contributed by atoms with Gasteiger partial charge in [-0.2, -0.15) is 0 Å². The molecule has 0 aromatic heterocycles. The summed E-state index contributed by atoms with van der Waals surface area (Å²) in [7, 11) is 0. The highest BCUT2D eigenvalue weighted by Gasteiger charge is 2.22. The van der Waals surface area contributed by atoms with Crippen molar-refractivity contribution in [2.75, 3.05) is 6.54 Å². The Bertz CT molecular complexity index is 425. The molecule has 0 radical (unpaired) electrons. The van der Waals surface area contributed by atoms with Gasteiger partial charge in [0.15, 0.2) is 0 Å². The summed E-state index contributed by atoms with van der Waals surface area (Å²) in [5, 5.41) is 5.09. The maximum Gasteiger partial charge on any atom is 0.0595 e. The molecule has 0 aliphatic heterocycles. The van der Waals surface area contributed by atoms with Gasteiger partial charge in [0.1, 0.15) is 0 Å². The first-order chi connectivity index (χ1) is 10.2. The van der Waals surface area contributed by atoms with Gasteiger partial charge in [0.25, 0.3) is 0 Å². The highest BCUT2D eigenvalue weighted by atomic mass is 35.5. The number of rotatable bonds is 6. The van der Waals surface area contributed by atoms with Crippen molar-refractivity contribution in [1.82, 2.24) is 5.32 Å². The molecule has 1 aliphatic carbocycles. The third-order valence-electron chi connectivity index (χ3n) is 4.57. The summed E-state index contributed by atoms with van der Waals surface area (Å²) in [6.45, 7) is 3.33. The van der Waals surface area contributed by atoms with Crippen LogP contribution in [0.1, 0.15) is 57.4 Å². The van der Waals surface area contributed by atoms with Crippen molar-refractivity contribution in [3.63, 3.8) is 0 Å². The molecule has 21 heavy (non-hydrogen) atoms. The number of benzene rings is 1. The molecule has 1 fully saturated rings. The molecule has 0 saturated heterocycles. The van der Waals surface area contributed by atoms with Crippen molar-refractivity contribution in [2.45, 2.75) is 64.3 Å². The lowest BCUT2D eigenvalue weighted by molar-refractivity contribution is 0.317. The zero-order valence-electron chi connectivity index (χ0n) is 13.0. The van der Waals surface area contributed by atoms with Gasteiger partial charge in [-0.3, -0.25) is 0 Å². The van der Waals surface area contributed by atoms with Crippen molar-refractivity contribution in [3.05, 3.63) is 33.8 Å². The summed E-state index contributed by atoms with van der Waals surface area (Å²) >= 11 is 12.2. The summed E-state index contributed by atoms with van der Waals surface area (Å²) in [5.41, 5.74) is 1.29. The Morgan fingerprint density at radius 2 is 1.81 bits per heavy atom. The molecule has 1 N–H and O–H groups in total. The maximum atomic E-state index is 6.16. The summed E-state index contributed by atoms with van der Waals surface area (Å²) in [4.78, 5) is 0. The molecule has 0 heterocycles. The molecule has 0 bridgehead atoms. The van der Waals surface area contributed by atoms with E-state index in [1.165, 1.54) is 50.5 Å². The van der Waals surface area contributed by atoms with Crippen LogP contribution in [0.2, 0.25) is 10.0 Å². The van der Waals surface area contributed by atoms with Crippen LogP contribution < -0.4 is 5.32 Å². The van der Waals surface area contributed by atoms with Crippen LogP contribution >= 0.6 is 23.2 Å². The monoisotopic (exact) mass is 327 g/mol. The van der Waals surface area contributed by atoms with Gasteiger partial charge >= 0.3 is 0 Å². The van der Waals surface area contributed by atoms with E-state index < -0.39 is 0 Å². The first kappa shape index (κ1) is 17.1. The first-order valence-electron chi connectivity index (χ1n) is 8.38. The minimum atomic E-state index is 0.570. The van der Waals surface area contributed by atoms with Crippen LogP contribution in [0.5, 0.6) is 0 Å². The van der Waals surface area contributed by atoms with Gasteiger partial charge in [0, 0.05) is 6.04 Å². The van der Waals surface area contributed by atoms with E-state index in [1.54, 1.807) is 0 Å². The molecule has 1 saturated carbocycles. The highest BCUT2D eigenvalue weighted by molar-refractivity contribution is 6.42. The smallest absolute Gasteiger partial charge is 0.0595 e. The molecule has 1 unspecified atom stereocenters. The largest absolute Gasteiger partial charge is 0.313 e. The van der Waals surface area contributed by atoms with E-state index in [0.29, 0.717) is 16.1 Å². The van der Waals surface area contributed by atoms with Crippen molar-refractivity contribution in [1.29, 1.82) is 0 Å². The lowest BCUT2D eigenvalue weighted by atomic mass is 9.87. The van der Waals surface area contributed by atoms with Crippen LogP contribution in [0, 0.1) is 5.92 Å². The molecule has 1 aliphatic rings. The molecule has 1 nitrogen and oxygen atoms in total. The van der Waals surface area contributed by atoms with Crippen LogP contribution in [0.25, 0.3) is 0 Å². The summed E-state index contributed by atoms with van der Waals surface area (Å²) in [6, 6.07) is 6.64. The van der Waals surface area contributed by atoms with Gasteiger partial charge in [-0.25, -0.2) is 0 Å². The molecule has 1 aromatic carbocycles. The van der Waals surface area contributed by atoms with Gasteiger partial charge in [-0.1, -0.05) is 61.9 Å². The van der Waals surface area contributed by atoms with E-state index in [9.17, 15) is 0 Å². The Hall–Kier alpha value is -0.240. The van der Waals surface area contributed by atoms with Crippen molar-refractivity contribution < 1.29 is 0 Å². The van der Waals surface area contributed by atoms with Crippen LogP contribution in [0.3, 0.4) is 0 Å². The van der Waals surface area contributed by atoms with Gasteiger partial charge in [-0.05, 0) is 55.8 Å². The first-order valence-corrected chi connectivity index (χ1v) is 9.13. The second-order valence-electron chi connectivity index (χ2n) is 6.26. The SMILES string of the molecule is CCCNC(Cc1ccc(Cl)c(Cl)c1)C1CCCCCC1. The zero-order chi connectivity index (χ0) is 15.1. The molecule has 2 rings (SSSR count). The second-order valence-corrected chi connectivity index (χ2v) is 7.08. The predicted octanol–water partition coefficient (Wildman–Crippen LogP) is 5.87. The average Bonchev–Trinajstić information content (AvgIpc) is 2.76. The topological polar surface area (TPSA) is 12.0 Å². The Morgan fingerprint density at radius 1 is 1.10 bits per heavy atom. The molecule has 0 amide bonds. The van der Waals surface area contributed by atoms with Crippen LogP contribution in [-0.4, -0.2) is 12.6 Å². The summed E-state index contributed by atoms with van der Waals surface area (Å²) in [6.07, 6.45) is 10.6. The minimum Gasteiger partial charge on any atom is -0.313 e. The quantitative estimate of drug-likeness (QED) is 0.644. The van der Waals surface area contributed by atoms with Crippen LogP contribution in [0.15, 0.2) is 18.2 Å². The fourth-order valence-electron chi connectivity index (χ4n) is 3.37. The fraction of sp³-hybridized carbons (Fsp3) is 0.667. The molecule has 1 atom stereocenters. The van der Waals surface area contributed by atoms with E-state index >= 15 is 0 Å². The Labute approximate surface area is 139 Å². The number of hydrogen-bond acceptors (Lipinski definition) is 1. The third-order valence-corrected chi connectivity index (χ3v) is 5.30. The summed E-state index contributed by atoms with van der Waals surface area (Å²) < 4.78 is 0. The van der Waals surface area contributed by atoms with Gasteiger partial charge < -0.3 is 5.32 Å². The Kier molecular flexibility index (Phi) is 7.36. The van der Waals surface area contributed by atoms with E-state index in [0.717, 1.165) is 18.9 Å². The number of nitrogens with one attached hydrogen (secondary N) is 1. The molecule has 0 spiro atoms. The molecular formula is C18H27Cl2N. The second kappa shape index (κ2) is 9.02. The standard InChI is InChI=1S/C18H27Cl2N/c1-2-11-21-18(15-7-5-3-4-6-8-15)13-14-9-10-16(19)17(20)12-14/h9-10,12,15,18,21H,2-8,11,13H2,1H3. The molecule has 118 valence electrons. The van der Waals surface area contributed by atoms with Gasteiger partial charge in [0.05, 0.1) is 10.0 Å². The lowest BCUT2D eigenvalue weighted by Crippen LogP contribution is -2.38. The molecule has 3 heteroatoms. The van der Waals surface area contributed by atoms with Gasteiger partial charge in [-0.15, -0.1) is 0 Å². The highest BCUT2D eigenvalue weighted by Crippen LogP contribution is 2.29. The molecule has 1 aromatic rings. The van der Waals surface area contributed by atoms with Crippen molar-refractivity contribution >= 4 is 23.2 Å². The Balaban J connectivity index is 2.05. The van der Waals surface area contributed by atoms with Gasteiger partial charge in [0.2, 0.25) is 0 Å². The maximum absolute atomic E-state index is 6.16. The molecular weight excluding hydrogens is 301 g/mol. The predicted molar refractivity (Wildman–Crippen MR) is 93.4 cm³/mol. The third kappa shape index (κ3) is 5.47. The van der Waals surface area contributed by atoms with Crippen molar-refractivity contribution in [3.8, 4) is 0 Å². The van der Waals surface area contributed by atoms with Crippen molar-refractivity contribution in [2.24, 2.45) is 5.92 Å². The van der Waals surface area contributed by atoms with E-state index in [2.05, 4.69) is 18.3 Å². The summed E-state index contributed by atoms with van der Waals surface area (Å²) in [5.74, 6) is 0.800. The number of hydrogen-bond donors (Lipinski definition) is 1. The Morgan fingerprint density at radius 3 is 2.43 bits per heavy atom. The van der Waals surface area contributed by atoms with Crippen LogP contribution in [0.4, 0.5) is 0 Å². The van der Waals surface area contributed by atoms with E-state index in [1.807, 2.05) is 12.1 Å². The van der Waals surface area contributed by atoms with E-state index in [4.69, 9.17) is 23.2 Å². The number of halogens is 2. The lowest BCUT2D eigenvalue weighted by Gasteiger charge is -2.27. The fourth-order valence-corrected chi connectivity index (χ4v) is 3.69. The van der Waals surface area contributed by atoms with E-state index in [-0.39, 0.29) is 0 Å². The normalized spacial score (nSPS) is 18.4.